The molecule has 0 unspecified atom stereocenters. The lowest BCUT2D eigenvalue weighted by Crippen LogP contribution is -2.13. The molecule has 66 valence electrons. The van der Waals surface area contributed by atoms with E-state index < -0.39 is 0 Å². The third-order valence-corrected chi connectivity index (χ3v) is 1.87. The van der Waals surface area contributed by atoms with Crippen molar-refractivity contribution in [2.75, 3.05) is 6.61 Å². The summed E-state index contributed by atoms with van der Waals surface area (Å²) in [6.45, 7) is 4.69. The second-order valence-electron chi connectivity index (χ2n) is 2.65. The average Bonchev–Trinajstić information content (AvgIpc) is 1.86. The number of rotatable bonds is 4. The van der Waals surface area contributed by atoms with Gasteiger partial charge in [0.25, 0.3) is 0 Å². The Kier molecular flexibility index (Phi) is 6.24. The van der Waals surface area contributed by atoms with Gasteiger partial charge in [0.1, 0.15) is 0 Å². The number of hydrogen-bond donors (Lipinski definition) is 0. The van der Waals surface area contributed by atoms with Crippen LogP contribution in [0.2, 0.25) is 0 Å². The minimum Gasteiger partial charge on any atom is -0.464 e. The van der Waals surface area contributed by atoms with Crippen LogP contribution in [-0.4, -0.2) is 16.3 Å². The van der Waals surface area contributed by atoms with Crippen molar-refractivity contribution in [3.05, 3.63) is 0 Å². The fourth-order valence-corrected chi connectivity index (χ4v) is 0.723. The van der Waals surface area contributed by atoms with Gasteiger partial charge in [0.05, 0.1) is 6.61 Å². The number of halogens is 2. The lowest BCUT2D eigenvalue weighted by molar-refractivity contribution is -0.141. The summed E-state index contributed by atoms with van der Waals surface area (Å²) in [5.41, 5.74) is 0. The summed E-state index contributed by atoms with van der Waals surface area (Å²) in [4.78, 5) is 10.8. The number of carbonyl (C=O) groups is 1. The first-order chi connectivity index (χ1) is 5.04. The van der Waals surface area contributed by atoms with Gasteiger partial charge < -0.3 is 4.74 Å². The van der Waals surface area contributed by atoms with Gasteiger partial charge in [-0.15, -0.1) is 0 Å². The summed E-state index contributed by atoms with van der Waals surface area (Å²) in [5, 5.41) is 0. The highest BCUT2D eigenvalue weighted by atomic mass is 79.9. The molecule has 2 nitrogen and oxygen atoms in total. The molecule has 0 N–H and O–H groups in total. The van der Waals surface area contributed by atoms with Crippen LogP contribution in [0.3, 0.4) is 0 Å². The van der Waals surface area contributed by atoms with Crippen LogP contribution in [0.15, 0.2) is 0 Å². The third-order valence-electron chi connectivity index (χ3n) is 1.12. The summed E-state index contributed by atoms with van der Waals surface area (Å²) >= 11 is 6.10. The van der Waals surface area contributed by atoms with E-state index in [-0.39, 0.29) is 9.71 Å². The van der Waals surface area contributed by atoms with E-state index >= 15 is 0 Å². The van der Waals surface area contributed by atoms with E-state index in [1.807, 2.05) is 0 Å². The van der Waals surface area contributed by atoms with E-state index in [1.165, 1.54) is 0 Å². The molecule has 0 rings (SSSR count). The van der Waals surface area contributed by atoms with E-state index in [9.17, 15) is 4.79 Å². The van der Waals surface area contributed by atoms with Crippen LogP contribution in [0.4, 0.5) is 0 Å². The SMILES string of the molecule is CC(C)CCOC(=O)C(Br)Br. The van der Waals surface area contributed by atoms with E-state index in [0.29, 0.717) is 12.5 Å². The van der Waals surface area contributed by atoms with Crippen LogP contribution < -0.4 is 0 Å². The molecular weight excluding hydrogens is 276 g/mol. The number of esters is 1. The number of alkyl halides is 2. The summed E-state index contributed by atoms with van der Waals surface area (Å²) in [5.74, 6) is 0.317. The Morgan fingerprint density at radius 2 is 2.00 bits per heavy atom. The van der Waals surface area contributed by atoms with E-state index in [1.54, 1.807) is 0 Å². The van der Waals surface area contributed by atoms with Crippen molar-refractivity contribution in [2.45, 2.75) is 24.0 Å². The fourth-order valence-electron chi connectivity index (χ4n) is 0.458. The summed E-state index contributed by atoms with van der Waals surface area (Å²) in [6.07, 6.45) is 0.915. The second kappa shape index (κ2) is 6.00. The van der Waals surface area contributed by atoms with Crippen LogP contribution in [0.5, 0.6) is 0 Å². The van der Waals surface area contributed by atoms with Crippen LogP contribution in [-0.2, 0) is 9.53 Å². The first-order valence-corrected chi connectivity index (χ1v) is 5.32. The number of ether oxygens (including phenoxy) is 1. The average molecular weight is 288 g/mol. The quantitative estimate of drug-likeness (QED) is 0.587. The van der Waals surface area contributed by atoms with Gasteiger partial charge >= 0.3 is 5.97 Å². The highest BCUT2D eigenvalue weighted by Crippen LogP contribution is 2.10. The van der Waals surface area contributed by atoms with E-state index in [2.05, 4.69) is 45.7 Å². The summed E-state index contributed by atoms with van der Waals surface area (Å²) in [7, 11) is 0. The van der Waals surface area contributed by atoms with Gasteiger partial charge in [-0.25, -0.2) is 4.79 Å². The van der Waals surface area contributed by atoms with E-state index in [0.717, 1.165) is 6.42 Å². The smallest absolute Gasteiger partial charge is 0.330 e. The lowest BCUT2D eigenvalue weighted by atomic mass is 10.1. The van der Waals surface area contributed by atoms with Gasteiger partial charge in [-0.2, -0.15) is 0 Å². The minimum atomic E-state index is -0.373. The highest BCUT2D eigenvalue weighted by Gasteiger charge is 2.11. The molecule has 0 spiro atoms. The molecule has 0 bridgehead atoms. The maximum absolute atomic E-state index is 10.8. The molecule has 0 aliphatic carbocycles. The normalized spacial score (nSPS) is 10.7. The summed E-state index contributed by atoms with van der Waals surface area (Å²) in [6, 6.07) is 0. The second-order valence-corrected chi connectivity index (χ2v) is 5.71. The maximum atomic E-state index is 10.8. The van der Waals surface area contributed by atoms with Crippen molar-refractivity contribution in [1.82, 2.24) is 0 Å². The number of carbonyl (C=O) groups excluding carboxylic acids is 1. The lowest BCUT2D eigenvalue weighted by Gasteiger charge is -2.06. The van der Waals surface area contributed by atoms with Gasteiger partial charge in [0, 0.05) is 0 Å². The molecule has 0 fully saturated rings. The summed E-state index contributed by atoms with van der Waals surface area (Å²) < 4.78 is 4.51. The zero-order valence-corrected chi connectivity index (χ0v) is 9.81. The van der Waals surface area contributed by atoms with Crippen molar-refractivity contribution in [1.29, 1.82) is 0 Å². The molecule has 11 heavy (non-hydrogen) atoms. The standard InChI is InChI=1S/C7H12Br2O2/c1-5(2)3-4-11-7(10)6(8)9/h5-6H,3-4H2,1-2H3. The molecule has 0 amide bonds. The Morgan fingerprint density at radius 3 is 2.36 bits per heavy atom. The van der Waals surface area contributed by atoms with Gasteiger partial charge in [-0.1, -0.05) is 45.7 Å². The van der Waals surface area contributed by atoms with Crippen molar-refractivity contribution >= 4 is 37.8 Å². The topological polar surface area (TPSA) is 26.3 Å². The van der Waals surface area contributed by atoms with Gasteiger partial charge in [0.15, 0.2) is 3.74 Å². The van der Waals surface area contributed by atoms with Gasteiger partial charge in [-0.05, 0) is 12.3 Å². The Balaban J connectivity index is 3.32. The molecular formula is C7H12Br2O2. The molecule has 0 radical (unpaired) electrons. The molecule has 0 aromatic heterocycles. The molecule has 0 heterocycles. The molecule has 0 atom stereocenters. The predicted octanol–water partition coefficient (Wildman–Crippen LogP) is 2.69. The van der Waals surface area contributed by atoms with Crippen LogP contribution in [0.25, 0.3) is 0 Å². The molecule has 0 aliphatic rings. The van der Waals surface area contributed by atoms with Crippen LogP contribution in [0.1, 0.15) is 20.3 Å². The highest BCUT2D eigenvalue weighted by molar-refractivity contribution is 9.25. The Labute approximate surface area is 83.9 Å². The molecule has 0 aliphatic heterocycles. The predicted molar refractivity (Wildman–Crippen MR) is 52.1 cm³/mol. The monoisotopic (exact) mass is 286 g/mol. The van der Waals surface area contributed by atoms with Crippen LogP contribution >= 0.6 is 31.9 Å². The third kappa shape index (κ3) is 6.81. The molecule has 0 aromatic carbocycles. The molecule has 0 saturated carbocycles. The fraction of sp³-hybridized carbons (Fsp3) is 0.857. The van der Waals surface area contributed by atoms with E-state index in [4.69, 9.17) is 4.74 Å². The zero-order valence-electron chi connectivity index (χ0n) is 6.64. The molecule has 0 aromatic rings. The number of hydrogen-bond acceptors (Lipinski definition) is 2. The minimum absolute atomic E-state index is 0.259. The Bertz CT molecular complexity index is 124. The first kappa shape index (κ1) is 11.4. The van der Waals surface area contributed by atoms with Crippen LogP contribution in [0, 0.1) is 5.92 Å². The maximum Gasteiger partial charge on any atom is 0.330 e. The van der Waals surface area contributed by atoms with Crippen molar-refractivity contribution in [3.8, 4) is 0 Å². The van der Waals surface area contributed by atoms with Gasteiger partial charge in [-0.3, -0.25) is 0 Å². The van der Waals surface area contributed by atoms with Crippen molar-refractivity contribution in [3.63, 3.8) is 0 Å². The van der Waals surface area contributed by atoms with Crippen molar-refractivity contribution < 1.29 is 9.53 Å². The van der Waals surface area contributed by atoms with Gasteiger partial charge in [0.2, 0.25) is 0 Å². The Morgan fingerprint density at radius 1 is 1.45 bits per heavy atom. The largest absolute Gasteiger partial charge is 0.464 e. The molecule has 0 saturated heterocycles. The molecule has 4 heteroatoms. The first-order valence-electron chi connectivity index (χ1n) is 3.48. The Hall–Kier alpha value is 0.430. The zero-order chi connectivity index (χ0) is 8.85. The van der Waals surface area contributed by atoms with Crippen molar-refractivity contribution in [2.24, 2.45) is 5.92 Å².